The number of carbonyl (C=O) groups excluding carboxylic acids is 1. The second kappa shape index (κ2) is 5.93. The lowest BCUT2D eigenvalue weighted by atomic mass is 9.92. The number of amides is 1. The number of hydrogen-bond acceptors (Lipinski definition) is 3. The van der Waals surface area contributed by atoms with Crippen LogP contribution in [0.4, 0.5) is 0 Å². The van der Waals surface area contributed by atoms with Crippen LogP contribution in [0.2, 0.25) is 0 Å². The first-order valence-electron chi connectivity index (χ1n) is 7.21. The number of carbonyl (C=O) groups is 2. The van der Waals surface area contributed by atoms with Crippen LogP contribution in [0.25, 0.3) is 0 Å². The van der Waals surface area contributed by atoms with Gasteiger partial charge in [0, 0.05) is 16.3 Å². The minimum absolute atomic E-state index is 0.122. The van der Waals surface area contributed by atoms with Crippen molar-refractivity contribution in [3.8, 4) is 0 Å². The predicted molar refractivity (Wildman–Crippen MR) is 85.0 cm³/mol. The summed E-state index contributed by atoms with van der Waals surface area (Å²) in [6, 6.07) is 10.5. The van der Waals surface area contributed by atoms with Gasteiger partial charge in [0.05, 0.1) is 6.42 Å². The zero-order chi connectivity index (χ0) is 15.7. The van der Waals surface area contributed by atoms with Crippen LogP contribution in [0.5, 0.6) is 0 Å². The molecule has 3 rings (SSSR count). The number of rotatable bonds is 3. The van der Waals surface area contributed by atoms with Crippen LogP contribution in [0.3, 0.4) is 0 Å². The van der Waals surface area contributed by atoms with Gasteiger partial charge in [-0.3, -0.25) is 4.79 Å². The first-order valence-corrected chi connectivity index (χ1v) is 8.03. The van der Waals surface area contributed by atoms with Crippen molar-refractivity contribution in [2.24, 2.45) is 0 Å². The minimum Gasteiger partial charge on any atom is -0.479 e. The molecular formula is C17H17NO3S. The molecule has 1 aromatic heterocycles. The molecule has 1 N–H and O–H groups in total. The van der Waals surface area contributed by atoms with Gasteiger partial charge >= 0.3 is 5.97 Å². The van der Waals surface area contributed by atoms with Crippen LogP contribution in [-0.2, 0) is 22.4 Å². The van der Waals surface area contributed by atoms with Gasteiger partial charge in [0.25, 0.3) is 0 Å². The highest BCUT2D eigenvalue weighted by atomic mass is 32.1. The van der Waals surface area contributed by atoms with E-state index in [1.54, 1.807) is 11.3 Å². The van der Waals surface area contributed by atoms with Gasteiger partial charge < -0.3 is 10.0 Å². The Morgan fingerprint density at radius 1 is 1.27 bits per heavy atom. The molecule has 2 heterocycles. The van der Waals surface area contributed by atoms with E-state index in [1.807, 2.05) is 43.3 Å². The number of thiophene rings is 1. The summed E-state index contributed by atoms with van der Waals surface area (Å²) in [5.41, 5.74) is 1.75. The van der Waals surface area contributed by atoms with Crippen LogP contribution < -0.4 is 0 Å². The monoisotopic (exact) mass is 315 g/mol. The Labute approximate surface area is 133 Å². The van der Waals surface area contributed by atoms with Gasteiger partial charge in [-0.15, -0.1) is 11.3 Å². The number of carboxylic acids is 1. The quantitative estimate of drug-likeness (QED) is 0.947. The number of nitrogens with zero attached hydrogens (tertiary/aromatic N) is 1. The maximum atomic E-state index is 12.6. The molecule has 0 radical (unpaired) electrons. The number of fused-ring (bicyclic) bond motifs is 1. The standard InChI is InChI=1S/C17H17NO3S/c1-11-6-7-13(22-11)10-15(19)18-9-8-12-4-2-3-5-14(12)16(18)17(20)21/h2-7,16H,8-10H2,1H3,(H,20,21). The normalized spacial score (nSPS) is 17.1. The summed E-state index contributed by atoms with van der Waals surface area (Å²) >= 11 is 1.58. The molecule has 1 atom stereocenters. The highest BCUT2D eigenvalue weighted by Crippen LogP contribution is 2.30. The topological polar surface area (TPSA) is 57.6 Å². The van der Waals surface area contributed by atoms with Crippen molar-refractivity contribution in [3.63, 3.8) is 0 Å². The molecule has 1 unspecified atom stereocenters. The Kier molecular flexibility index (Phi) is 3.98. The highest BCUT2D eigenvalue weighted by Gasteiger charge is 2.35. The lowest BCUT2D eigenvalue weighted by molar-refractivity contribution is -0.151. The third-order valence-electron chi connectivity index (χ3n) is 3.96. The summed E-state index contributed by atoms with van der Waals surface area (Å²) < 4.78 is 0. The zero-order valence-corrected chi connectivity index (χ0v) is 13.1. The first-order chi connectivity index (χ1) is 10.6. The molecule has 1 amide bonds. The molecule has 1 aliphatic heterocycles. The van der Waals surface area contributed by atoms with Crippen LogP contribution in [0.1, 0.15) is 26.9 Å². The van der Waals surface area contributed by atoms with Crippen LogP contribution in [0, 0.1) is 6.92 Å². The molecular weight excluding hydrogens is 298 g/mol. The minimum atomic E-state index is -0.970. The second-order valence-corrected chi connectivity index (χ2v) is 6.84. The SMILES string of the molecule is Cc1ccc(CC(=O)N2CCc3ccccc3C2C(=O)O)s1. The lowest BCUT2D eigenvalue weighted by Gasteiger charge is -2.34. The molecule has 0 spiro atoms. The van der Waals surface area contributed by atoms with Crippen molar-refractivity contribution in [1.82, 2.24) is 4.90 Å². The van der Waals surface area contributed by atoms with E-state index in [9.17, 15) is 14.7 Å². The molecule has 22 heavy (non-hydrogen) atoms. The third kappa shape index (κ3) is 2.76. The maximum Gasteiger partial charge on any atom is 0.331 e. The number of carboxylic acid groups (broad SMARTS) is 1. The average Bonchev–Trinajstić information content (AvgIpc) is 2.90. The van der Waals surface area contributed by atoms with Crippen molar-refractivity contribution in [1.29, 1.82) is 0 Å². The molecule has 1 aliphatic rings. The molecule has 4 nitrogen and oxygen atoms in total. The Balaban J connectivity index is 1.86. The van der Waals surface area contributed by atoms with Crippen molar-refractivity contribution < 1.29 is 14.7 Å². The Morgan fingerprint density at radius 2 is 2.05 bits per heavy atom. The summed E-state index contributed by atoms with van der Waals surface area (Å²) in [7, 11) is 0. The molecule has 5 heteroatoms. The molecule has 2 aromatic rings. The van der Waals surface area contributed by atoms with Gasteiger partial charge in [-0.25, -0.2) is 4.79 Å². The summed E-state index contributed by atoms with van der Waals surface area (Å²) in [5.74, 6) is -1.09. The first kappa shape index (κ1) is 14.8. The van der Waals surface area contributed by atoms with E-state index in [-0.39, 0.29) is 12.3 Å². The van der Waals surface area contributed by atoms with Gasteiger partial charge in [0.2, 0.25) is 5.91 Å². The number of benzene rings is 1. The van der Waals surface area contributed by atoms with Gasteiger partial charge in [0.15, 0.2) is 6.04 Å². The van der Waals surface area contributed by atoms with E-state index in [2.05, 4.69) is 0 Å². The molecule has 0 fully saturated rings. The number of aryl methyl sites for hydroxylation is 1. The summed E-state index contributed by atoms with van der Waals surface area (Å²) in [5, 5.41) is 9.58. The van der Waals surface area contributed by atoms with Gasteiger partial charge in [-0.1, -0.05) is 24.3 Å². The highest BCUT2D eigenvalue weighted by molar-refractivity contribution is 7.12. The largest absolute Gasteiger partial charge is 0.479 e. The Morgan fingerprint density at radius 3 is 2.73 bits per heavy atom. The van der Waals surface area contributed by atoms with Crippen LogP contribution >= 0.6 is 11.3 Å². The number of hydrogen-bond donors (Lipinski definition) is 1. The molecule has 0 bridgehead atoms. The van der Waals surface area contributed by atoms with Crippen molar-refractivity contribution >= 4 is 23.2 Å². The predicted octanol–water partition coefficient (Wildman–Crippen LogP) is 2.81. The van der Waals surface area contributed by atoms with E-state index >= 15 is 0 Å². The summed E-state index contributed by atoms with van der Waals surface area (Å²) in [4.78, 5) is 27.9. The van der Waals surface area contributed by atoms with E-state index in [0.717, 1.165) is 20.9 Å². The van der Waals surface area contributed by atoms with Crippen LogP contribution in [0.15, 0.2) is 36.4 Å². The fourth-order valence-electron chi connectivity index (χ4n) is 2.93. The van der Waals surface area contributed by atoms with Gasteiger partial charge in [0.1, 0.15) is 0 Å². The zero-order valence-electron chi connectivity index (χ0n) is 12.3. The fraction of sp³-hybridized carbons (Fsp3) is 0.294. The van der Waals surface area contributed by atoms with E-state index in [1.165, 1.54) is 4.90 Å². The maximum absolute atomic E-state index is 12.6. The third-order valence-corrected chi connectivity index (χ3v) is 4.96. The smallest absolute Gasteiger partial charge is 0.331 e. The van der Waals surface area contributed by atoms with E-state index in [4.69, 9.17) is 0 Å². The molecule has 1 aromatic carbocycles. The molecule has 0 saturated carbocycles. The summed E-state index contributed by atoms with van der Waals surface area (Å²) in [6.07, 6.45) is 0.972. The Bertz CT molecular complexity index is 722. The average molecular weight is 315 g/mol. The van der Waals surface area contributed by atoms with Gasteiger partial charge in [-0.2, -0.15) is 0 Å². The molecule has 0 saturated heterocycles. The van der Waals surface area contributed by atoms with Crippen molar-refractivity contribution in [2.45, 2.75) is 25.8 Å². The summed E-state index contributed by atoms with van der Waals surface area (Å²) in [6.45, 7) is 2.45. The second-order valence-electron chi connectivity index (χ2n) is 5.47. The molecule has 114 valence electrons. The van der Waals surface area contributed by atoms with Crippen molar-refractivity contribution in [3.05, 3.63) is 57.3 Å². The van der Waals surface area contributed by atoms with E-state index < -0.39 is 12.0 Å². The fourth-order valence-corrected chi connectivity index (χ4v) is 3.81. The Hall–Kier alpha value is -2.14. The number of aliphatic carboxylic acids is 1. The van der Waals surface area contributed by atoms with Gasteiger partial charge in [-0.05, 0) is 36.6 Å². The van der Waals surface area contributed by atoms with E-state index in [0.29, 0.717) is 13.0 Å². The lowest BCUT2D eigenvalue weighted by Crippen LogP contribution is -2.44. The molecule has 0 aliphatic carbocycles. The van der Waals surface area contributed by atoms with Crippen molar-refractivity contribution in [2.75, 3.05) is 6.54 Å². The van der Waals surface area contributed by atoms with Crippen LogP contribution in [-0.4, -0.2) is 28.4 Å².